The molecule has 0 saturated heterocycles. The molecular weight excluding hydrogens is 172 g/mol. The molecule has 1 saturated carbocycles. The molecule has 0 aliphatic heterocycles. The molecule has 0 amide bonds. The van der Waals surface area contributed by atoms with Gasteiger partial charge < -0.3 is 5.11 Å². The number of aliphatic hydroxyl groups is 1. The Balaban J connectivity index is 2.30. The Hall–Kier alpha value is -0.820. The van der Waals surface area contributed by atoms with Crippen molar-refractivity contribution in [1.82, 2.24) is 0 Å². The predicted octanol–water partition coefficient (Wildman–Crippen LogP) is 2.87. The molecule has 2 rings (SSSR count). The summed E-state index contributed by atoms with van der Waals surface area (Å²) >= 11 is 0. The van der Waals surface area contributed by atoms with E-state index < -0.39 is 0 Å². The van der Waals surface area contributed by atoms with Gasteiger partial charge in [0.1, 0.15) is 0 Å². The van der Waals surface area contributed by atoms with Crippen molar-refractivity contribution in [1.29, 1.82) is 0 Å². The molecule has 1 nitrogen and oxygen atoms in total. The van der Waals surface area contributed by atoms with E-state index in [1.807, 2.05) is 0 Å². The van der Waals surface area contributed by atoms with Crippen LogP contribution in [0.4, 0.5) is 0 Å². The highest BCUT2D eigenvalue weighted by Crippen LogP contribution is 2.52. The maximum atomic E-state index is 9.70. The molecule has 0 bridgehead atoms. The minimum atomic E-state index is -0.132. The average Bonchev–Trinajstić information content (AvgIpc) is 2.16. The monoisotopic (exact) mass is 190 g/mol. The Kier molecular flexibility index (Phi) is 2.15. The van der Waals surface area contributed by atoms with Crippen LogP contribution in [0.2, 0.25) is 0 Å². The summed E-state index contributed by atoms with van der Waals surface area (Å²) in [6.07, 6.45) is 0.782. The minimum absolute atomic E-state index is 0.0477. The number of aliphatic hydroxyl groups excluding tert-OH is 1. The highest BCUT2D eigenvalue weighted by molar-refractivity contribution is 5.33. The quantitative estimate of drug-likeness (QED) is 0.722. The molecule has 1 aromatic rings. The Bertz CT molecular complexity index is 341. The van der Waals surface area contributed by atoms with Crippen LogP contribution >= 0.6 is 0 Å². The predicted molar refractivity (Wildman–Crippen MR) is 58.3 cm³/mol. The smallest absolute Gasteiger partial charge is 0.0603 e. The largest absolute Gasteiger partial charge is 0.393 e. The van der Waals surface area contributed by atoms with Gasteiger partial charge in [0.15, 0.2) is 0 Å². The summed E-state index contributed by atoms with van der Waals surface area (Å²) in [5.41, 5.74) is 2.80. The van der Waals surface area contributed by atoms with E-state index >= 15 is 0 Å². The number of rotatable bonds is 1. The van der Waals surface area contributed by atoms with Crippen LogP contribution in [0, 0.1) is 12.3 Å². The van der Waals surface area contributed by atoms with Crippen LogP contribution in [-0.4, -0.2) is 11.2 Å². The van der Waals surface area contributed by atoms with Gasteiger partial charge >= 0.3 is 0 Å². The molecule has 2 atom stereocenters. The van der Waals surface area contributed by atoms with Crippen molar-refractivity contribution in [2.75, 3.05) is 0 Å². The van der Waals surface area contributed by atoms with E-state index in [4.69, 9.17) is 0 Å². The van der Waals surface area contributed by atoms with E-state index in [-0.39, 0.29) is 11.5 Å². The average molecular weight is 190 g/mol. The fourth-order valence-electron chi connectivity index (χ4n) is 2.41. The van der Waals surface area contributed by atoms with Crippen molar-refractivity contribution in [3.05, 3.63) is 35.4 Å². The van der Waals surface area contributed by atoms with Gasteiger partial charge in [0.05, 0.1) is 6.10 Å². The van der Waals surface area contributed by atoms with Crippen LogP contribution in [0.3, 0.4) is 0 Å². The number of benzene rings is 1. The molecule has 1 fully saturated rings. The molecule has 14 heavy (non-hydrogen) atoms. The summed E-state index contributed by atoms with van der Waals surface area (Å²) in [7, 11) is 0. The third-order valence-electron chi connectivity index (χ3n) is 3.78. The SMILES string of the molecule is Cc1ccccc1C1CC(O)C1(C)C. The summed E-state index contributed by atoms with van der Waals surface area (Å²) in [4.78, 5) is 0. The van der Waals surface area contributed by atoms with Crippen LogP contribution in [0.1, 0.15) is 37.3 Å². The lowest BCUT2D eigenvalue weighted by atomic mass is 9.57. The van der Waals surface area contributed by atoms with Gasteiger partial charge in [0.25, 0.3) is 0 Å². The van der Waals surface area contributed by atoms with Gasteiger partial charge in [0, 0.05) is 0 Å². The van der Waals surface area contributed by atoms with Gasteiger partial charge in [-0.2, -0.15) is 0 Å². The van der Waals surface area contributed by atoms with E-state index in [1.54, 1.807) is 0 Å². The van der Waals surface area contributed by atoms with Crippen molar-refractivity contribution in [3.63, 3.8) is 0 Å². The van der Waals surface area contributed by atoms with Gasteiger partial charge in [-0.05, 0) is 35.8 Å². The van der Waals surface area contributed by atoms with Crippen LogP contribution in [0.5, 0.6) is 0 Å². The van der Waals surface area contributed by atoms with E-state index in [2.05, 4.69) is 45.0 Å². The molecule has 2 unspecified atom stereocenters. The Morgan fingerprint density at radius 3 is 2.43 bits per heavy atom. The summed E-state index contributed by atoms with van der Waals surface area (Å²) in [6.45, 7) is 6.45. The fraction of sp³-hybridized carbons (Fsp3) is 0.538. The zero-order valence-electron chi connectivity index (χ0n) is 9.12. The second-order valence-corrected chi connectivity index (χ2v) is 4.98. The van der Waals surface area contributed by atoms with Crippen molar-refractivity contribution < 1.29 is 5.11 Å². The van der Waals surface area contributed by atoms with E-state index in [0.717, 1.165) is 6.42 Å². The highest BCUT2D eigenvalue weighted by atomic mass is 16.3. The maximum Gasteiger partial charge on any atom is 0.0603 e. The first-order valence-corrected chi connectivity index (χ1v) is 5.27. The van der Waals surface area contributed by atoms with Crippen molar-refractivity contribution in [3.8, 4) is 0 Å². The lowest BCUT2D eigenvalue weighted by molar-refractivity contribution is -0.0627. The second kappa shape index (κ2) is 3.09. The highest BCUT2D eigenvalue weighted by Gasteiger charge is 2.48. The lowest BCUT2D eigenvalue weighted by Gasteiger charge is -2.50. The van der Waals surface area contributed by atoms with Crippen LogP contribution < -0.4 is 0 Å². The first-order valence-electron chi connectivity index (χ1n) is 5.27. The van der Waals surface area contributed by atoms with Gasteiger partial charge in [-0.1, -0.05) is 38.1 Å². The van der Waals surface area contributed by atoms with E-state index in [0.29, 0.717) is 5.92 Å². The maximum absolute atomic E-state index is 9.70. The molecular formula is C13H18O. The van der Waals surface area contributed by atoms with Gasteiger partial charge in [0.2, 0.25) is 0 Å². The van der Waals surface area contributed by atoms with Crippen molar-refractivity contribution >= 4 is 0 Å². The molecule has 0 aromatic heterocycles. The number of hydrogen-bond acceptors (Lipinski definition) is 1. The molecule has 1 aliphatic carbocycles. The molecule has 0 radical (unpaired) electrons. The summed E-state index contributed by atoms with van der Waals surface area (Å²) in [5.74, 6) is 0.527. The molecule has 1 N–H and O–H groups in total. The molecule has 0 spiro atoms. The summed E-state index contributed by atoms with van der Waals surface area (Å²) < 4.78 is 0. The van der Waals surface area contributed by atoms with Crippen LogP contribution in [-0.2, 0) is 0 Å². The molecule has 1 aliphatic rings. The zero-order valence-corrected chi connectivity index (χ0v) is 9.12. The lowest BCUT2D eigenvalue weighted by Crippen LogP contribution is -2.47. The molecule has 1 heteroatoms. The Morgan fingerprint density at radius 2 is 1.93 bits per heavy atom. The Labute approximate surface area is 85.8 Å². The van der Waals surface area contributed by atoms with E-state index in [1.165, 1.54) is 11.1 Å². The second-order valence-electron chi connectivity index (χ2n) is 4.98. The van der Waals surface area contributed by atoms with Crippen molar-refractivity contribution in [2.24, 2.45) is 5.41 Å². The third-order valence-corrected chi connectivity index (χ3v) is 3.78. The normalized spacial score (nSPS) is 29.7. The van der Waals surface area contributed by atoms with Crippen molar-refractivity contribution in [2.45, 2.75) is 39.2 Å². The summed E-state index contributed by atoms with van der Waals surface area (Å²) in [5, 5.41) is 9.70. The fourth-order valence-corrected chi connectivity index (χ4v) is 2.41. The number of aryl methyl sites for hydroxylation is 1. The first-order chi connectivity index (χ1) is 6.53. The van der Waals surface area contributed by atoms with Gasteiger partial charge in [-0.15, -0.1) is 0 Å². The molecule has 1 aromatic carbocycles. The van der Waals surface area contributed by atoms with Crippen LogP contribution in [0.15, 0.2) is 24.3 Å². The summed E-state index contributed by atoms with van der Waals surface area (Å²) in [6, 6.07) is 8.49. The van der Waals surface area contributed by atoms with Gasteiger partial charge in [-0.3, -0.25) is 0 Å². The standard InChI is InChI=1S/C13H18O/c1-9-6-4-5-7-10(9)11-8-12(14)13(11,2)3/h4-7,11-12,14H,8H2,1-3H3. The molecule has 0 heterocycles. The topological polar surface area (TPSA) is 20.2 Å². The third kappa shape index (κ3) is 1.27. The number of hydrogen-bond donors (Lipinski definition) is 1. The van der Waals surface area contributed by atoms with E-state index in [9.17, 15) is 5.11 Å². The molecule has 76 valence electrons. The van der Waals surface area contributed by atoms with Crippen LogP contribution in [0.25, 0.3) is 0 Å². The minimum Gasteiger partial charge on any atom is -0.393 e. The first kappa shape index (κ1) is 9.72. The van der Waals surface area contributed by atoms with Gasteiger partial charge in [-0.25, -0.2) is 0 Å². The Morgan fingerprint density at radius 1 is 1.29 bits per heavy atom. The zero-order chi connectivity index (χ0) is 10.3.